The highest BCUT2D eigenvalue weighted by atomic mass is 16.6. The molecule has 0 aromatic carbocycles. The van der Waals surface area contributed by atoms with E-state index in [9.17, 15) is 10.2 Å². The molecule has 2 aromatic rings. The van der Waals surface area contributed by atoms with Crippen LogP contribution in [-0.2, 0) is 15.2 Å². The van der Waals surface area contributed by atoms with E-state index < -0.39 is 24.0 Å². The average molecular weight is 336 g/mol. The summed E-state index contributed by atoms with van der Waals surface area (Å²) in [5.74, 6) is 0.242. The summed E-state index contributed by atoms with van der Waals surface area (Å²) < 4.78 is 13.3. The van der Waals surface area contributed by atoms with Crippen LogP contribution in [0.2, 0.25) is 0 Å². The highest BCUT2D eigenvalue weighted by molar-refractivity contribution is 5.81. The van der Waals surface area contributed by atoms with Gasteiger partial charge in [-0.2, -0.15) is 0 Å². The third-order valence-corrected chi connectivity index (χ3v) is 4.75. The lowest BCUT2D eigenvalue weighted by molar-refractivity contribution is -0.160. The third-order valence-electron chi connectivity index (χ3n) is 4.75. The first-order chi connectivity index (χ1) is 11.5. The Morgan fingerprint density at radius 2 is 2.21 bits per heavy atom. The monoisotopic (exact) mass is 336 g/mol. The van der Waals surface area contributed by atoms with E-state index in [1.54, 1.807) is 11.5 Å². The van der Waals surface area contributed by atoms with Gasteiger partial charge in [0.05, 0.1) is 19.0 Å². The van der Waals surface area contributed by atoms with Crippen LogP contribution in [0.25, 0.3) is 11.2 Å². The maximum absolute atomic E-state index is 10.6. The number of hydrogen-bond acceptors (Lipinski definition) is 9. The van der Waals surface area contributed by atoms with Gasteiger partial charge in [0.1, 0.15) is 30.2 Å². The lowest BCUT2D eigenvalue weighted by Crippen LogP contribution is -2.49. The molecule has 0 amide bonds. The summed E-state index contributed by atoms with van der Waals surface area (Å²) >= 11 is 0. The number of fused-ring (bicyclic) bond motifs is 1. The lowest BCUT2D eigenvalue weighted by atomic mass is 10.0. The van der Waals surface area contributed by atoms with Gasteiger partial charge in [-0.05, 0) is 6.92 Å². The molecule has 4 rings (SSSR count). The molecule has 10 nitrogen and oxygen atoms in total. The van der Waals surface area contributed by atoms with Gasteiger partial charge in [-0.3, -0.25) is 4.57 Å². The Morgan fingerprint density at radius 1 is 1.38 bits per heavy atom. The van der Waals surface area contributed by atoms with E-state index >= 15 is 0 Å². The maximum Gasteiger partial charge on any atom is 0.173 e. The molecule has 0 saturated carbocycles. The molecule has 2 aliphatic rings. The maximum atomic E-state index is 10.6. The van der Waals surface area contributed by atoms with Crippen molar-refractivity contribution >= 4 is 17.0 Å². The molecular formula is C14H20N6O4. The number of hydrogen-bond donors (Lipinski definition) is 4. The zero-order chi connectivity index (χ0) is 16.9. The third kappa shape index (κ3) is 2.19. The predicted octanol–water partition coefficient (Wildman–Crippen LogP) is -1.81. The van der Waals surface area contributed by atoms with Gasteiger partial charge in [0.25, 0.3) is 0 Å². The minimum atomic E-state index is -1.25. The number of aliphatic hydroxyl groups excluding tert-OH is 2. The molecule has 0 spiro atoms. The van der Waals surface area contributed by atoms with Crippen molar-refractivity contribution in [3.8, 4) is 0 Å². The number of nitrogen functional groups attached to an aromatic ring is 1. The number of anilines is 1. The number of nitrogens with one attached hydrogen (secondary N) is 1. The number of nitrogens with two attached hydrogens (primary N) is 1. The summed E-state index contributed by atoms with van der Waals surface area (Å²) in [6.07, 6.45) is -0.497. The number of aromatic nitrogens is 4. The second-order valence-electron chi connectivity index (χ2n) is 6.23. The molecule has 5 atom stereocenters. The molecule has 2 aliphatic heterocycles. The van der Waals surface area contributed by atoms with E-state index in [1.165, 1.54) is 12.7 Å². The molecule has 0 bridgehead atoms. The Bertz CT molecular complexity index is 748. The first-order valence-electron chi connectivity index (χ1n) is 7.82. The van der Waals surface area contributed by atoms with Gasteiger partial charge >= 0.3 is 0 Å². The molecule has 130 valence electrons. The fourth-order valence-corrected chi connectivity index (χ4v) is 3.38. The fourth-order valence-electron chi connectivity index (χ4n) is 3.38. The van der Waals surface area contributed by atoms with Crippen molar-refractivity contribution in [2.45, 2.75) is 37.1 Å². The number of aliphatic hydroxyl groups is 2. The zero-order valence-corrected chi connectivity index (χ0v) is 13.2. The highest BCUT2D eigenvalue weighted by Crippen LogP contribution is 2.39. The summed E-state index contributed by atoms with van der Waals surface area (Å²) in [4.78, 5) is 12.3. The largest absolute Gasteiger partial charge is 0.387 e. The predicted molar refractivity (Wildman–Crippen MR) is 82.9 cm³/mol. The van der Waals surface area contributed by atoms with E-state index in [-0.39, 0.29) is 11.9 Å². The molecule has 24 heavy (non-hydrogen) atoms. The summed E-state index contributed by atoms with van der Waals surface area (Å²) in [6.45, 7) is 3.50. The Hall–Kier alpha value is -1.85. The second kappa shape index (κ2) is 5.60. The van der Waals surface area contributed by atoms with Crippen LogP contribution in [-0.4, -0.2) is 73.8 Å². The van der Waals surface area contributed by atoms with Crippen molar-refractivity contribution < 1.29 is 19.7 Å². The SMILES string of the molecule is CC1(n2cnc3c(N)ncnc32)OC(C2CNCCO2)C(O)C1O. The Labute approximate surface area is 137 Å². The molecule has 10 heteroatoms. The van der Waals surface area contributed by atoms with Crippen LogP contribution in [0.4, 0.5) is 5.82 Å². The summed E-state index contributed by atoms with van der Waals surface area (Å²) in [6, 6.07) is 0. The number of imidazole rings is 1. The highest BCUT2D eigenvalue weighted by Gasteiger charge is 2.55. The molecule has 2 fully saturated rings. The Balaban J connectivity index is 1.72. The average Bonchev–Trinajstić information content (AvgIpc) is 3.13. The minimum absolute atomic E-state index is 0.242. The van der Waals surface area contributed by atoms with Crippen LogP contribution in [0.5, 0.6) is 0 Å². The van der Waals surface area contributed by atoms with E-state index in [2.05, 4.69) is 20.3 Å². The van der Waals surface area contributed by atoms with Crippen molar-refractivity contribution in [1.29, 1.82) is 0 Å². The smallest absolute Gasteiger partial charge is 0.173 e. The number of rotatable bonds is 2. The Kier molecular flexibility index (Phi) is 3.66. The number of ether oxygens (including phenoxy) is 2. The van der Waals surface area contributed by atoms with Gasteiger partial charge in [0, 0.05) is 13.1 Å². The van der Waals surface area contributed by atoms with Crippen molar-refractivity contribution in [2.75, 3.05) is 25.4 Å². The molecule has 4 heterocycles. The first-order valence-corrected chi connectivity index (χ1v) is 7.82. The van der Waals surface area contributed by atoms with Gasteiger partial charge in [0.2, 0.25) is 0 Å². The van der Waals surface area contributed by atoms with Crippen molar-refractivity contribution in [2.24, 2.45) is 0 Å². The van der Waals surface area contributed by atoms with Crippen LogP contribution < -0.4 is 11.1 Å². The van der Waals surface area contributed by atoms with Crippen LogP contribution in [0.15, 0.2) is 12.7 Å². The van der Waals surface area contributed by atoms with Crippen molar-refractivity contribution in [3.63, 3.8) is 0 Å². The summed E-state index contributed by atoms with van der Waals surface area (Å²) in [7, 11) is 0. The fraction of sp³-hybridized carbons (Fsp3) is 0.643. The molecule has 5 N–H and O–H groups in total. The van der Waals surface area contributed by atoms with Gasteiger partial charge in [-0.1, -0.05) is 0 Å². The van der Waals surface area contributed by atoms with Crippen LogP contribution in [0.1, 0.15) is 6.92 Å². The molecular weight excluding hydrogens is 316 g/mol. The van der Waals surface area contributed by atoms with E-state index in [0.29, 0.717) is 24.3 Å². The van der Waals surface area contributed by atoms with Crippen molar-refractivity contribution in [1.82, 2.24) is 24.8 Å². The van der Waals surface area contributed by atoms with Gasteiger partial charge in [-0.15, -0.1) is 0 Å². The molecule has 5 unspecified atom stereocenters. The summed E-state index contributed by atoms with van der Waals surface area (Å²) in [5, 5.41) is 24.3. The molecule has 2 aromatic heterocycles. The standard InChI is InChI=1S/C14H20N6O4/c1-14(20-6-19-8-12(15)17-5-18-13(8)20)11(22)9(21)10(24-14)7-4-16-2-3-23-7/h5-7,9-11,16,21-22H,2-4H2,1H3,(H2,15,17,18). The first kappa shape index (κ1) is 15.7. The van der Waals surface area contributed by atoms with E-state index in [0.717, 1.165) is 6.54 Å². The minimum Gasteiger partial charge on any atom is -0.387 e. The van der Waals surface area contributed by atoms with E-state index in [4.69, 9.17) is 15.2 Å². The van der Waals surface area contributed by atoms with Gasteiger partial charge in [-0.25, -0.2) is 15.0 Å². The van der Waals surface area contributed by atoms with E-state index in [1.807, 2.05) is 0 Å². The molecule has 0 radical (unpaired) electrons. The zero-order valence-electron chi connectivity index (χ0n) is 13.2. The topological polar surface area (TPSA) is 141 Å². The van der Waals surface area contributed by atoms with Crippen molar-refractivity contribution in [3.05, 3.63) is 12.7 Å². The molecule has 0 aliphatic carbocycles. The number of morpholine rings is 1. The normalized spacial score (nSPS) is 37.1. The molecule has 2 saturated heterocycles. The lowest BCUT2D eigenvalue weighted by Gasteiger charge is -2.32. The van der Waals surface area contributed by atoms with Crippen LogP contribution in [0.3, 0.4) is 0 Å². The van der Waals surface area contributed by atoms with Crippen LogP contribution in [0, 0.1) is 0 Å². The Morgan fingerprint density at radius 3 is 2.96 bits per heavy atom. The second-order valence-corrected chi connectivity index (χ2v) is 6.23. The number of nitrogens with zero attached hydrogens (tertiary/aromatic N) is 4. The van der Waals surface area contributed by atoms with Gasteiger partial charge < -0.3 is 30.7 Å². The quantitative estimate of drug-likeness (QED) is 0.499. The van der Waals surface area contributed by atoms with Crippen LogP contribution >= 0.6 is 0 Å². The summed E-state index contributed by atoms with van der Waals surface area (Å²) in [5.41, 5.74) is 5.41. The van der Waals surface area contributed by atoms with Gasteiger partial charge in [0.15, 0.2) is 17.2 Å².